The zero-order chi connectivity index (χ0) is 10.1. The number of hydrogen-bond acceptors (Lipinski definition) is 2. The second-order valence-electron chi connectivity index (χ2n) is 3.37. The molecule has 2 nitrogen and oxygen atoms in total. The lowest BCUT2D eigenvalue weighted by molar-refractivity contribution is 0.112. The van der Waals surface area contributed by atoms with Crippen molar-refractivity contribution in [1.82, 2.24) is 4.98 Å². The van der Waals surface area contributed by atoms with Crippen LogP contribution >= 0.6 is 0 Å². The van der Waals surface area contributed by atoms with Crippen LogP contribution in [-0.2, 0) is 0 Å². The molecule has 2 rings (SSSR count). The van der Waals surface area contributed by atoms with Gasteiger partial charge in [0.2, 0.25) is 0 Å². The molecule has 70 valence electrons. The monoisotopic (exact) mass is 185 g/mol. The van der Waals surface area contributed by atoms with Gasteiger partial charge in [-0.05, 0) is 25.5 Å². The van der Waals surface area contributed by atoms with Gasteiger partial charge in [-0.2, -0.15) is 0 Å². The summed E-state index contributed by atoms with van der Waals surface area (Å²) in [6, 6.07) is 7.71. The van der Waals surface area contributed by atoms with Crippen LogP contribution in [-0.4, -0.2) is 11.3 Å². The quantitative estimate of drug-likeness (QED) is 0.639. The van der Waals surface area contributed by atoms with Crippen LogP contribution in [0.1, 0.15) is 21.6 Å². The summed E-state index contributed by atoms with van der Waals surface area (Å²) in [6.45, 7) is 3.85. The van der Waals surface area contributed by atoms with Crippen LogP contribution in [0, 0.1) is 13.8 Å². The number of nitrogens with zero attached hydrogens (tertiary/aromatic N) is 1. The molecule has 0 atom stereocenters. The second kappa shape index (κ2) is 3.22. The Morgan fingerprint density at radius 1 is 1.21 bits per heavy atom. The number of benzene rings is 1. The number of fused-ring (bicyclic) bond motifs is 1. The van der Waals surface area contributed by atoms with Crippen molar-refractivity contribution in [3.63, 3.8) is 0 Å². The lowest BCUT2D eigenvalue weighted by Gasteiger charge is -2.06. The molecule has 0 radical (unpaired) electrons. The fourth-order valence-corrected chi connectivity index (χ4v) is 1.61. The molecule has 2 aromatic rings. The van der Waals surface area contributed by atoms with Gasteiger partial charge in [0.25, 0.3) is 0 Å². The highest BCUT2D eigenvalue weighted by Crippen LogP contribution is 2.20. The first kappa shape index (κ1) is 8.88. The number of carbonyl (C=O) groups excluding carboxylic acids is 1. The summed E-state index contributed by atoms with van der Waals surface area (Å²) in [5.41, 5.74) is 3.54. The van der Waals surface area contributed by atoms with E-state index in [9.17, 15) is 4.79 Å². The van der Waals surface area contributed by atoms with Crippen molar-refractivity contribution < 1.29 is 4.79 Å². The van der Waals surface area contributed by atoms with Gasteiger partial charge in [-0.1, -0.05) is 18.2 Å². The SMILES string of the molecule is Cc1nc2ccccc2c(C=O)c1C. The number of aromatic nitrogens is 1. The van der Waals surface area contributed by atoms with Crippen LogP contribution in [0.4, 0.5) is 0 Å². The zero-order valence-corrected chi connectivity index (χ0v) is 8.24. The minimum absolute atomic E-state index is 0.758. The van der Waals surface area contributed by atoms with E-state index in [2.05, 4.69) is 4.98 Å². The van der Waals surface area contributed by atoms with Crippen molar-refractivity contribution in [2.75, 3.05) is 0 Å². The molecule has 0 spiro atoms. The Morgan fingerprint density at radius 3 is 2.64 bits per heavy atom. The molecule has 0 saturated heterocycles. The van der Waals surface area contributed by atoms with Crippen molar-refractivity contribution in [1.29, 1.82) is 0 Å². The van der Waals surface area contributed by atoms with E-state index >= 15 is 0 Å². The maximum Gasteiger partial charge on any atom is 0.151 e. The van der Waals surface area contributed by atoms with E-state index in [1.807, 2.05) is 38.1 Å². The molecule has 0 aliphatic carbocycles. The van der Waals surface area contributed by atoms with E-state index in [1.165, 1.54) is 0 Å². The highest BCUT2D eigenvalue weighted by molar-refractivity contribution is 5.97. The Labute approximate surface area is 82.6 Å². The summed E-state index contributed by atoms with van der Waals surface area (Å²) < 4.78 is 0. The lowest BCUT2D eigenvalue weighted by Crippen LogP contribution is -1.96. The molecule has 0 aliphatic heterocycles. The lowest BCUT2D eigenvalue weighted by atomic mass is 10.0. The number of rotatable bonds is 1. The van der Waals surface area contributed by atoms with Gasteiger partial charge in [0.05, 0.1) is 5.52 Å². The molecule has 14 heavy (non-hydrogen) atoms. The molecule has 0 fully saturated rings. The van der Waals surface area contributed by atoms with Gasteiger partial charge in [0, 0.05) is 16.6 Å². The first-order chi connectivity index (χ1) is 6.74. The molecule has 0 N–H and O–H groups in total. The zero-order valence-electron chi connectivity index (χ0n) is 8.24. The summed E-state index contributed by atoms with van der Waals surface area (Å²) in [5.74, 6) is 0. The first-order valence-electron chi connectivity index (χ1n) is 4.55. The molecular formula is C12H11NO. The van der Waals surface area contributed by atoms with Crippen LogP contribution in [0.2, 0.25) is 0 Å². The smallest absolute Gasteiger partial charge is 0.151 e. The third-order valence-electron chi connectivity index (χ3n) is 2.55. The van der Waals surface area contributed by atoms with Crippen molar-refractivity contribution in [3.05, 3.63) is 41.1 Å². The molecule has 0 saturated carbocycles. The predicted molar refractivity (Wildman–Crippen MR) is 56.6 cm³/mol. The molecule has 0 bridgehead atoms. The van der Waals surface area contributed by atoms with Crippen molar-refractivity contribution in [2.45, 2.75) is 13.8 Å². The Morgan fingerprint density at radius 2 is 1.93 bits per heavy atom. The van der Waals surface area contributed by atoms with Gasteiger partial charge >= 0.3 is 0 Å². The summed E-state index contributed by atoms with van der Waals surface area (Å²) in [7, 11) is 0. The minimum Gasteiger partial charge on any atom is -0.298 e. The molecule has 0 amide bonds. The summed E-state index contributed by atoms with van der Waals surface area (Å²) in [4.78, 5) is 15.4. The Bertz CT molecular complexity index is 503. The summed E-state index contributed by atoms with van der Waals surface area (Å²) in [6.07, 6.45) is 0.909. The summed E-state index contributed by atoms with van der Waals surface area (Å²) in [5, 5.41) is 0.936. The number of para-hydroxylation sites is 1. The molecule has 2 heteroatoms. The van der Waals surface area contributed by atoms with E-state index in [4.69, 9.17) is 0 Å². The van der Waals surface area contributed by atoms with Crippen molar-refractivity contribution in [2.24, 2.45) is 0 Å². The average molecular weight is 185 g/mol. The number of carbonyl (C=O) groups is 1. The molecule has 1 aromatic carbocycles. The van der Waals surface area contributed by atoms with E-state index in [0.29, 0.717) is 0 Å². The number of aryl methyl sites for hydroxylation is 1. The molecule has 0 unspecified atom stereocenters. The van der Waals surface area contributed by atoms with Gasteiger partial charge < -0.3 is 0 Å². The van der Waals surface area contributed by atoms with Gasteiger partial charge in [0.1, 0.15) is 0 Å². The topological polar surface area (TPSA) is 30.0 Å². The Hall–Kier alpha value is -1.70. The van der Waals surface area contributed by atoms with Crippen LogP contribution in [0.15, 0.2) is 24.3 Å². The number of pyridine rings is 1. The van der Waals surface area contributed by atoms with Crippen molar-refractivity contribution >= 4 is 17.2 Å². The maximum atomic E-state index is 11.0. The fourth-order valence-electron chi connectivity index (χ4n) is 1.61. The van der Waals surface area contributed by atoms with Gasteiger partial charge in [0.15, 0.2) is 6.29 Å². The van der Waals surface area contributed by atoms with Crippen LogP contribution in [0.25, 0.3) is 10.9 Å². The normalized spacial score (nSPS) is 10.4. The Balaban J connectivity index is 2.96. The molecular weight excluding hydrogens is 174 g/mol. The second-order valence-corrected chi connectivity index (χ2v) is 3.37. The molecule has 1 heterocycles. The summed E-state index contributed by atoms with van der Waals surface area (Å²) >= 11 is 0. The standard InChI is InChI=1S/C12H11NO/c1-8-9(2)13-12-6-4-3-5-10(12)11(8)7-14/h3-7H,1-2H3. The van der Waals surface area contributed by atoms with Crippen LogP contribution in [0.5, 0.6) is 0 Å². The Kier molecular flexibility index (Phi) is 2.04. The number of aldehydes is 1. The predicted octanol–water partition coefficient (Wildman–Crippen LogP) is 2.66. The van der Waals surface area contributed by atoms with Gasteiger partial charge in [-0.25, -0.2) is 0 Å². The first-order valence-corrected chi connectivity index (χ1v) is 4.55. The fraction of sp³-hybridized carbons (Fsp3) is 0.167. The third kappa shape index (κ3) is 1.20. The largest absolute Gasteiger partial charge is 0.298 e. The third-order valence-corrected chi connectivity index (χ3v) is 2.55. The van der Waals surface area contributed by atoms with Gasteiger partial charge in [-0.3, -0.25) is 9.78 Å². The van der Waals surface area contributed by atoms with E-state index in [0.717, 1.165) is 34.0 Å². The molecule has 1 aromatic heterocycles. The highest BCUT2D eigenvalue weighted by Gasteiger charge is 2.07. The number of hydrogen-bond donors (Lipinski definition) is 0. The van der Waals surface area contributed by atoms with Crippen LogP contribution in [0.3, 0.4) is 0 Å². The van der Waals surface area contributed by atoms with Crippen molar-refractivity contribution in [3.8, 4) is 0 Å². The van der Waals surface area contributed by atoms with E-state index in [-0.39, 0.29) is 0 Å². The maximum absolute atomic E-state index is 11.0. The van der Waals surface area contributed by atoms with E-state index < -0.39 is 0 Å². The van der Waals surface area contributed by atoms with Crippen LogP contribution < -0.4 is 0 Å². The average Bonchev–Trinajstić information content (AvgIpc) is 2.20. The highest BCUT2D eigenvalue weighted by atomic mass is 16.1. The molecule has 0 aliphatic rings. The minimum atomic E-state index is 0.758. The van der Waals surface area contributed by atoms with Gasteiger partial charge in [-0.15, -0.1) is 0 Å². The van der Waals surface area contributed by atoms with E-state index in [1.54, 1.807) is 0 Å².